The molecule has 1 saturated heterocycles. The fourth-order valence-electron chi connectivity index (χ4n) is 4.93. The zero-order chi connectivity index (χ0) is 31.5. The number of imide groups is 1. The second-order valence-electron chi connectivity index (χ2n) is 10.6. The van der Waals surface area contributed by atoms with Gasteiger partial charge in [0, 0.05) is 20.0 Å². The average Bonchev–Trinajstić information content (AvgIpc) is 3.58. The minimum atomic E-state index is -1.06. The molecule has 1 N–H and O–H groups in total. The van der Waals surface area contributed by atoms with E-state index in [1.54, 1.807) is 13.0 Å². The van der Waals surface area contributed by atoms with Gasteiger partial charge in [-0.1, -0.05) is 60.7 Å². The normalized spacial score (nSPS) is 16.8. The van der Waals surface area contributed by atoms with Crippen LogP contribution in [-0.2, 0) is 48.0 Å². The van der Waals surface area contributed by atoms with Crippen molar-refractivity contribution in [2.24, 2.45) is 5.92 Å². The highest BCUT2D eigenvalue weighted by Gasteiger charge is 2.43. The molecular formula is C33H38BrNO9. The van der Waals surface area contributed by atoms with Gasteiger partial charge < -0.3 is 28.5 Å². The number of esters is 1. The summed E-state index contributed by atoms with van der Waals surface area (Å²) in [5, 5.41) is 9.63. The summed E-state index contributed by atoms with van der Waals surface area (Å²) in [6.45, 7) is 3.81. The third-order valence-electron chi connectivity index (χ3n) is 7.23. The summed E-state index contributed by atoms with van der Waals surface area (Å²) >= 11 is 3.51. The lowest BCUT2D eigenvalue weighted by molar-refractivity contribution is -0.154. The number of carbonyl (C=O) groups excluding carboxylic acids is 3. The number of rotatable bonds is 16. The van der Waals surface area contributed by atoms with Crippen molar-refractivity contribution < 1.29 is 42.9 Å². The van der Waals surface area contributed by atoms with Crippen LogP contribution in [0, 0.1) is 5.92 Å². The van der Waals surface area contributed by atoms with Crippen LogP contribution in [0.2, 0.25) is 0 Å². The molecule has 1 aliphatic rings. The zero-order valence-electron chi connectivity index (χ0n) is 24.9. The largest absolute Gasteiger partial charge is 0.461 e. The van der Waals surface area contributed by atoms with E-state index >= 15 is 0 Å². The van der Waals surface area contributed by atoms with Crippen LogP contribution in [-0.4, -0.2) is 66.5 Å². The number of ether oxygens (including phenoxy) is 4. The number of carbonyl (C=O) groups is 3. The molecule has 0 bridgehead atoms. The number of cyclic esters (lactones) is 1. The van der Waals surface area contributed by atoms with Gasteiger partial charge in [-0.3, -0.25) is 9.59 Å². The standard InChI is InChI=1S/C33H38BrNO9/c1-22(32(38)35-26(20-42-33(35)39)16-24-10-5-3-6-11-24)31(43-23(2)37)30-17-28(34)29(44-30)14-9-15-40-21-27(18-36)41-19-25-12-7-4-8-13-25/h3-8,10-13,17,22,26-27,31,36H,9,14-16,18-21H2,1-2H3/t22-,26-,27?,31-/m0/s1. The first-order chi connectivity index (χ1) is 21.3. The predicted octanol–water partition coefficient (Wildman–Crippen LogP) is 5.40. The van der Waals surface area contributed by atoms with Crippen LogP contribution >= 0.6 is 15.9 Å². The molecule has 236 valence electrons. The van der Waals surface area contributed by atoms with Gasteiger partial charge >= 0.3 is 12.1 Å². The highest BCUT2D eigenvalue weighted by Crippen LogP contribution is 2.35. The number of aliphatic hydroxyl groups is 1. The van der Waals surface area contributed by atoms with Crippen molar-refractivity contribution in [1.29, 1.82) is 0 Å². The topological polar surface area (TPSA) is 125 Å². The zero-order valence-corrected chi connectivity index (χ0v) is 26.4. The van der Waals surface area contributed by atoms with Gasteiger partial charge in [0.25, 0.3) is 0 Å². The molecule has 4 atom stereocenters. The highest BCUT2D eigenvalue weighted by atomic mass is 79.9. The molecule has 2 aromatic carbocycles. The molecule has 0 saturated carbocycles. The number of amides is 2. The Balaban J connectivity index is 1.33. The lowest BCUT2D eigenvalue weighted by atomic mass is 9.98. The second kappa shape index (κ2) is 16.5. The summed E-state index contributed by atoms with van der Waals surface area (Å²) in [6.07, 6.45) is -0.669. The first kappa shape index (κ1) is 33.4. The van der Waals surface area contributed by atoms with Gasteiger partial charge in [0.05, 0.1) is 36.3 Å². The Bertz CT molecular complexity index is 1360. The van der Waals surface area contributed by atoms with Crippen LogP contribution in [0.3, 0.4) is 0 Å². The Morgan fingerprint density at radius 3 is 2.43 bits per heavy atom. The number of aliphatic hydroxyl groups excluding tert-OH is 1. The highest BCUT2D eigenvalue weighted by molar-refractivity contribution is 9.10. The van der Waals surface area contributed by atoms with Crippen molar-refractivity contribution in [2.75, 3.05) is 26.4 Å². The van der Waals surface area contributed by atoms with Crippen LogP contribution in [0.25, 0.3) is 0 Å². The molecular weight excluding hydrogens is 634 g/mol. The number of hydrogen-bond donors (Lipinski definition) is 1. The Morgan fingerprint density at radius 2 is 1.77 bits per heavy atom. The summed E-state index contributed by atoms with van der Waals surface area (Å²) < 4.78 is 29.0. The smallest absolute Gasteiger partial charge is 0.416 e. The van der Waals surface area contributed by atoms with E-state index in [2.05, 4.69) is 15.9 Å². The lowest BCUT2D eigenvalue weighted by Gasteiger charge is -2.27. The number of benzene rings is 2. The van der Waals surface area contributed by atoms with E-state index in [0.717, 1.165) is 16.0 Å². The van der Waals surface area contributed by atoms with Crippen molar-refractivity contribution in [3.63, 3.8) is 0 Å². The number of halogens is 1. The van der Waals surface area contributed by atoms with E-state index in [4.69, 9.17) is 23.4 Å². The van der Waals surface area contributed by atoms with Gasteiger partial charge in [-0.2, -0.15) is 0 Å². The van der Waals surface area contributed by atoms with Crippen LogP contribution in [0.15, 0.2) is 75.6 Å². The maximum atomic E-state index is 13.6. The van der Waals surface area contributed by atoms with Gasteiger partial charge in [-0.15, -0.1) is 0 Å². The van der Waals surface area contributed by atoms with Gasteiger partial charge in [0.1, 0.15) is 24.2 Å². The lowest BCUT2D eigenvalue weighted by Crippen LogP contribution is -2.44. The molecule has 1 aliphatic heterocycles. The quantitative estimate of drug-likeness (QED) is 0.157. The number of hydrogen-bond acceptors (Lipinski definition) is 9. The molecule has 0 spiro atoms. The summed E-state index contributed by atoms with van der Waals surface area (Å²) in [7, 11) is 0. The fourth-order valence-corrected chi connectivity index (χ4v) is 5.43. The second-order valence-corrected chi connectivity index (χ2v) is 11.5. The predicted molar refractivity (Wildman–Crippen MR) is 163 cm³/mol. The molecule has 10 nitrogen and oxygen atoms in total. The van der Waals surface area contributed by atoms with Crippen molar-refractivity contribution in [3.05, 3.63) is 93.9 Å². The third-order valence-corrected chi connectivity index (χ3v) is 7.91. The van der Waals surface area contributed by atoms with Crippen molar-refractivity contribution in [2.45, 2.75) is 58.0 Å². The molecule has 0 radical (unpaired) electrons. The van der Waals surface area contributed by atoms with Crippen molar-refractivity contribution >= 4 is 33.9 Å². The molecule has 44 heavy (non-hydrogen) atoms. The first-order valence-electron chi connectivity index (χ1n) is 14.6. The summed E-state index contributed by atoms with van der Waals surface area (Å²) in [6, 6.07) is 20.4. The van der Waals surface area contributed by atoms with Crippen molar-refractivity contribution in [1.82, 2.24) is 4.90 Å². The Kier molecular flexibility index (Phi) is 12.5. The minimum Gasteiger partial charge on any atom is -0.461 e. The van der Waals surface area contributed by atoms with Gasteiger partial charge in [0.2, 0.25) is 5.91 Å². The van der Waals surface area contributed by atoms with E-state index < -0.39 is 42.1 Å². The fraction of sp³-hybridized carbons (Fsp3) is 0.424. The van der Waals surface area contributed by atoms with Gasteiger partial charge in [0.15, 0.2) is 6.10 Å². The minimum absolute atomic E-state index is 0.0845. The first-order valence-corrected chi connectivity index (χ1v) is 15.4. The molecule has 1 unspecified atom stereocenters. The molecule has 1 fully saturated rings. The van der Waals surface area contributed by atoms with Crippen LogP contribution in [0.1, 0.15) is 49.0 Å². The Labute approximate surface area is 265 Å². The molecule has 11 heteroatoms. The third kappa shape index (κ3) is 9.25. The van der Waals surface area contributed by atoms with Crippen LogP contribution in [0.5, 0.6) is 0 Å². The molecule has 4 rings (SSSR count). The Morgan fingerprint density at radius 1 is 1.09 bits per heavy atom. The van der Waals surface area contributed by atoms with E-state index in [9.17, 15) is 19.5 Å². The van der Waals surface area contributed by atoms with E-state index in [1.165, 1.54) is 6.92 Å². The van der Waals surface area contributed by atoms with Gasteiger partial charge in [-0.05, 0) is 52.9 Å². The average molecular weight is 673 g/mol. The van der Waals surface area contributed by atoms with Gasteiger partial charge in [-0.25, -0.2) is 9.69 Å². The van der Waals surface area contributed by atoms with Crippen molar-refractivity contribution in [3.8, 4) is 0 Å². The van der Waals surface area contributed by atoms with E-state index in [1.807, 2.05) is 60.7 Å². The summed E-state index contributed by atoms with van der Waals surface area (Å²) in [5.41, 5.74) is 1.98. The van der Waals surface area contributed by atoms with E-state index in [0.29, 0.717) is 42.7 Å². The van der Waals surface area contributed by atoms with Crippen LogP contribution < -0.4 is 0 Å². The number of nitrogens with zero attached hydrogens (tertiary/aromatic N) is 1. The van der Waals surface area contributed by atoms with Crippen LogP contribution in [0.4, 0.5) is 4.79 Å². The monoisotopic (exact) mass is 671 g/mol. The summed E-state index contributed by atoms with van der Waals surface area (Å²) in [4.78, 5) is 39.4. The number of furan rings is 1. The molecule has 2 amide bonds. The summed E-state index contributed by atoms with van der Waals surface area (Å²) in [5.74, 6) is -1.15. The maximum Gasteiger partial charge on any atom is 0.416 e. The maximum absolute atomic E-state index is 13.6. The molecule has 1 aromatic heterocycles. The Hall–Kier alpha value is -3.51. The molecule has 2 heterocycles. The van der Waals surface area contributed by atoms with E-state index in [-0.39, 0.29) is 25.6 Å². The SMILES string of the molecule is CC(=O)O[C@H](c1cc(Br)c(CCCOCC(CO)OCc2ccccc2)o1)[C@H](C)C(=O)N1C(=O)OC[C@@H]1Cc1ccccc1. The molecule has 3 aromatic rings. The molecule has 0 aliphatic carbocycles. The number of aryl methyl sites for hydroxylation is 1.